The average molecular weight is 412 g/mol. The molecule has 0 aromatic heterocycles. The van der Waals surface area contributed by atoms with Crippen molar-refractivity contribution in [2.75, 3.05) is 13.7 Å². The molecule has 2 aromatic carbocycles. The van der Waals surface area contributed by atoms with E-state index in [1.54, 1.807) is 24.3 Å². The maximum atomic E-state index is 13.6. The molecular weight excluding hydrogens is 396 g/mol. The van der Waals surface area contributed by atoms with Crippen molar-refractivity contribution in [3.63, 3.8) is 0 Å². The lowest BCUT2D eigenvalue weighted by molar-refractivity contribution is -0.143. The molecule has 0 bridgehead atoms. The molecule has 0 saturated carbocycles. The Hall–Kier alpha value is -2.57. The number of carbonyl (C=O) groups excluding carboxylic acids is 2. The number of methoxy groups -OCH3 is 1. The summed E-state index contributed by atoms with van der Waals surface area (Å²) < 4.78 is 23.2. The number of benzene rings is 2. The summed E-state index contributed by atoms with van der Waals surface area (Å²) in [5.74, 6) is -1.66. The van der Waals surface area contributed by atoms with Crippen molar-refractivity contribution in [2.45, 2.75) is 6.54 Å². The van der Waals surface area contributed by atoms with E-state index in [-0.39, 0.29) is 12.3 Å². The van der Waals surface area contributed by atoms with E-state index in [1.165, 1.54) is 25.3 Å². The van der Waals surface area contributed by atoms with E-state index < -0.39 is 24.3 Å². The minimum absolute atomic E-state index is 0.104. The van der Waals surface area contributed by atoms with E-state index in [0.717, 1.165) is 6.08 Å². The second-order valence-electron chi connectivity index (χ2n) is 5.35. The van der Waals surface area contributed by atoms with Gasteiger partial charge in [-0.2, -0.15) is 0 Å². The molecule has 0 aliphatic heterocycles. The van der Waals surface area contributed by atoms with Gasteiger partial charge in [-0.3, -0.25) is 4.79 Å². The van der Waals surface area contributed by atoms with E-state index in [1.807, 2.05) is 0 Å². The van der Waals surface area contributed by atoms with Crippen LogP contribution in [-0.2, 0) is 20.9 Å². The number of esters is 1. The molecule has 0 aliphatic carbocycles. The number of carbonyl (C=O) groups is 2. The van der Waals surface area contributed by atoms with Crippen molar-refractivity contribution in [3.05, 3.63) is 69.5 Å². The fraction of sp³-hybridized carbons (Fsp3) is 0.158. The van der Waals surface area contributed by atoms with Crippen molar-refractivity contribution in [2.24, 2.45) is 0 Å². The van der Waals surface area contributed by atoms with Gasteiger partial charge < -0.3 is 14.8 Å². The maximum absolute atomic E-state index is 13.6. The van der Waals surface area contributed by atoms with Crippen molar-refractivity contribution in [1.29, 1.82) is 0 Å². The molecule has 27 heavy (non-hydrogen) atoms. The highest BCUT2D eigenvalue weighted by atomic mass is 35.5. The van der Waals surface area contributed by atoms with E-state index >= 15 is 0 Å². The molecule has 1 amide bonds. The van der Waals surface area contributed by atoms with Crippen molar-refractivity contribution in [3.8, 4) is 5.75 Å². The molecule has 8 heteroatoms. The standard InChI is InChI=1S/C19H16Cl2FNO4/c1-26-17-6-2-12(8-16(17)22)3-7-19(25)27-11-18(24)23-10-13-4-5-14(20)9-15(13)21/h2-9H,10-11H2,1H3,(H,23,24)/b7-3+. The maximum Gasteiger partial charge on any atom is 0.331 e. The van der Waals surface area contributed by atoms with Gasteiger partial charge in [-0.1, -0.05) is 35.3 Å². The van der Waals surface area contributed by atoms with Crippen LogP contribution in [0.15, 0.2) is 42.5 Å². The lowest BCUT2D eigenvalue weighted by atomic mass is 10.2. The molecule has 2 aromatic rings. The number of halogens is 3. The van der Waals surface area contributed by atoms with Gasteiger partial charge in [-0.05, 0) is 41.5 Å². The Morgan fingerprint density at radius 3 is 2.63 bits per heavy atom. The second kappa shape index (κ2) is 9.94. The lowest BCUT2D eigenvalue weighted by Gasteiger charge is -2.07. The van der Waals surface area contributed by atoms with Gasteiger partial charge >= 0.3 is 5.97 Å². The van der Waals surface area contributed by atoms with Gasteiger partial charge in [-0.25, -0.2) is 9.18 Å². The molecular formula is C19H16Cl2FNO4. The van der Waals surface area contributed by atoms with Gasteiger partial charge in [0, 0.05) is 22.7 Å². The average Bonchev–Trinajstić information content (AvgIpc) is 2.64. The van der Waals surface area contributed by atoms with Crippen LogP contribution in [0.25, 0.3) is 6.08 Å². The smallest absolute Gasteiger partial charge is 0.331 e. The molecule has 0 heterocycles. The highest BCUT2D eigenvalue weighted by Crippen LogP contribution is 2.20. The fourth-order valence-electron chi connectivity index (χ4n) is 2.05. The minimum Gasteiger partial charge on any atom is -0.494 e. The third-order valence-electron chi connectivity index (χ3n) is 3.42. The fourth-order valence-corrected chi connectivity index (χ4v) is 2.52. The molecule has 2 rings (SSSR count). The first-order valence-electron chi connectivity index (χ1n) is 7.78. The zero-order valence-corrected chi connectivity index (χ0v) is 15.8. The SMILES string of the molecule is COc1ccc(/C=C/C(=O)OCC(=O)NCc2ccc(Cl)cc2Cl)cc1F. The Kier molecular flexibility index (Phi) is 7.64. The largest absolute Gasteiger partial charge is 0.494 e. The molecule has 0 spiro atoms. The molecule has 0 aliphatic rings. The molecule has 1 N–H and O–H groups in total. The summed E-state index contributed by atoms with van der Waals surface area (Å²) in [6, 6.07) is 9.14. The third kappa shape index (κ3) is 6.58. The second-order valence-corrected chi connectivity index (χ2v) is 6.19. The first kappa shape index (κ1) is 20.7. The van der Waals surface area contributed by atoms with Gasteiger partial charge in [0.15, 0.2) is 18.2 Å². The molecule has 0 fully saturated rings. The number of hydrogen-bond donors (Lipinski definition) is 1. The van der Waals surface area contributed by atoms with Gasteiger partial charge in [0.05, 0.1) is 7.11 Å². The quantitative estimate of drug-likeness (QED) is 0.551. The molecule has 142 valence electrons. The van der Waals surface area contributed by atoms with Crippen LogP contribution in [0.3, 0.4) is 0 Å². The predicted molar refractivity (Wildman–Crippen MR) is 101 cm³/mol. The predicted octanol–water partition coefficient (Wildman–Crippen LogP) is 4.01. The van der Waals surface area contributed by atoms with E-state index in [4.69, 9.17) is 32.7 Å². The van der Waals surface area contributed by atoms with Crippen LogP contribution in [-0.4, -0.2) is 25.6 Å². The Morgan fingerprint density at radius 1 is 1.19 bits per heavy atom. The first-order valence-corrected chi connectivity index (χ1v) is 8.53. The van der Waals surface area contributed by atoms with Crippen LogP contribution < -0.4 is 10.1 Å². The highest BCUT2D eigenvalue weighted by molar-refractivity contribution is 6.35. The van der Waals surface area contributed by atoms with Crippen molar-refractivity contribution >= 4 is 41.2 Å². The summed E-state index contributed by atoms with van der Waals surface area (Å²) in [5.41, 5.74) is 1.13. The van der Waals surface area contributed by atoms with Crippen molar-refractivity contribution in [1.82, 2.24) is 5.32 Å². The Labute approximate surface area is 165 Å². The van der Waals surface area contributed by atoms with Gasteiger partial charge in [0.1, 0.15) is 0 Å². The topological polar surface area (TPSA) is 64.6 Å². The van der Waals surface area contributed by atoms with Crippen LogP contribution in [0.1, 0.15) is 11.1 Å². The number of amides is 1. The molecule has 0 saturated heterocycles. The van der Waals surface area contributed by atoms with Crippen LogP contribution in [0.2, 0.25) is 10.0 Å². The normalized spacial score (nSPS) is 10.7. The van der Waals surface area contributed by atoms with Crippen LogP contribution >= 0.6 is 23.2 Å². The Morgan fingerprint density at radius 2 is 1.96 bits per heavy atom. The number of hydrogen-bond acceptors (Lipinski definition) is 4. The Bertz CT molecular complexity index is 871. The monoisotopic (exact) mass is 411 g/mol. The summed E-state index contributed by atoms with van der Waals surface area (Å²) in [7, 11) is 1.36. The first-order chi connectivity index (χ1) is 12.9. The third-order valence-corrected chi connectivity index (χ3v) is 4.01. The molecule has 5 nitrogen and oxygen atoms in total. The van der Waals surface area contributed by atoms with E-state index in [9.17, 15) is 14.0 Å². The lowest BCUT2D eigenvalue weighted by Crippen LogP contribution is -2.28. The number of nitrogens with one attached hydrogen (secondary N) is 1. The van der Waals surface area contributed by atoms with Gasteiger partial charge in [0.2, 0.25) is 0 Å². The zero-order valence-electron chi connectivity index (χ0n) is 14.3. The summed E-state index contributed by atoms with van der Waals surface area (Å²) >= 11 is 11.8. The number of ether oxygens (including phenoxy) is 2. The van der Waals surface area contributed by atoms with E-state index in [0.29, 0.717) is 21.2 Å². The minimum atomic E-state index is -0.731. The zero-order chi connectivity index (χ0) is 19.8. The van der Waals surface area contributed by atoms with Crippen LogP contribution in [0, 0.1) is 5.82 Å². The highest BCUT2D eigenvalue weighted by Gasteiger charge is 2.07. The molecule has 0 atom stereocenters. The summed E-state index contributed by atoms with van der Waals surface area (Å²) in [4.78, 5) is 23.4. The molecule has 0 unspecified atom stereocenters. The number of rotatable bonds is 7. The van der Waals surface area contributed by atoms with Gasteiger partial charge in [-0.15, -0.1) is 0 Å². The van der Waals surface area contributed by atoms with Crippen LogP contribution in [0.5, 0.6) is 5.75 Å². The van der Waals surface area contributed by atoms with E-state index in [2.05, 4.69) is 5.32 Å². The van der Waals surface area contributed by atoms with Crippen molar-refractivity contribution < 1.29 is 23.5 Å². The van der Waals surface area contributed by atoms with Gasteiger partial charge in [0.25, 0.3) is 5.91 Å². The summed E-state index contributed by atoms with van der Waals surface area (Å²) in [6.07, 6.45) is 2.47. The summed E-state index contributed by atoms with van der Waals surface area (Å²) in [5, 5.41) is 3.50. The van der Waals surface area contributed by atoms with Crippen LogP contribution in [0.4, 0.5) is 4.39 Å². The Balaban J connectivity index is 1.79. The molecule has 0 radical (unpaired) electrons. The summed E-state index contributed by atoms with van der Waals surface area (Å²) in [6.45, 7) is -0.279.